The second kappa shape index (κ2) is 18.7. The van der Waals surface area contributed by atoms with Crippen molar-refractivity contribution in [2.45, 2.75) is 18.9 Å². The molecule has 1 aliphatic heterocycles. The highest BCUT2D eigenvalue weighted by atomic mass is 16.8. The maximum absolute atomic E-state index is 13.2. The number of amides is 4. The number of aliphatic carboxylic acids is 1. The fourth-order valence-corrected chi connectivity index (χ4v) is 4.63. The third-order valence-corrected chi connectivity index (χ3v) is 7.23. The lowest BCUT2D eigenvalue weighted by Crippen LogP contribution is -2.60. The molecule has 0 radical (unpaired) electrons. The number of carbonyl (C=O) groups excluding carboxylic acids is 6. The molecule has 2 aromatic rings. The lowest BCUT2D eigenvalue weighted by molar-refractivity contribution is -0.155. The molecule has 1 atom stereocenters. The van der Waals surface area contributed by atoms with E-state index < -0.39 is 61.0 Å². The highest BCUT2D eigenvalue weighted by molar-refractivity contribution is 6.01. The van der Waals surface area contributed by atoms with Crippen molar-refractivity contribution < 1.29 is 57.8 Å². The van der Waals surface area contributed by atoms with E-state index in [1.165, 1.54) is 53.4 Å². The second-order valence-electron chi connectivity index (χ2n) is 10.5. The summed E-state index contributed by atoms with van der Waals surface area (Å²) in [6.45, 7) is -0.905. The van der Waals surface area contributed by atoms with Gasteiger partial charge in [0.2, 0.25) is 11.8 Å². The molecular formula is C31H36N8O12. The van der Waals surface area contributed by atoms with Gasteiger partial charge in [-0.2, -0.15) is 0 Å². The second-order valence-corrected chi connectivity index (χ2v) is 10.5. The number of nitrogens with two attached hydrogens (primary N) is 2. The van der Waals surface area contributed by atoms with E-state index >= 15 is 0 Å². The summed E-state index contributed by atoms with van der Waals surface area (Å²) in [6.07, 6.45) is -1.79. The van der Waals surface area contributed by atoms with E-state index in [1.807, 2.05) is 0 Å². The Balaban J connectivity index is 1.57. The lowest BCUT2D eigenvalue weighted by atomic mass is 10.0. The summed E-state index contributed by atoms with van der Waals surface area (Å²) in [5.74, 6) is -3.71. The number of nitrogens with zero attached hydrogens (tertiary/aromatic N) is 4. The molecule has 0 unspecified atom stereocenters. The number of hydrogen-bond acceptors (Lipinski definition) is 13. The van der Waals surface area contributed by atoms with E-state index in [0.29, 0.717) is 11.1 Å². The van der Waals surface area contributed by atoms with Crippen LogP contribution in [0.2, 0.25) is 0 Å². The van der Waals surface area contributed by atoms with Gasteiger partial charge in [-0.1, -0.05) is 34.6 Å². The summed E-state index contributed by atoms with van der Waals surface area (Å²) in [7, 11) is 2.20. The molecule has 4 amide bonds. The number of nitrogens with one attached hydrogen (secondary N) is 2. The quantitative estimate of drug-likeness (QED) is 0.0415. The molecule has 0 spiro atoms. The largest absolute Gasteiger partial charge is 0.534 e. The number of carbonyl (C=O) groups is 7. The molecule has 1 heterocycles. The Morgan fingerprint density at radius 1 is 0.784 bits per heavy atom. The van der Waals surface area contributed by atoms with Crippen molar-refractivity contribution in [2.75, 3.05) is 46.9 Å². The number of benzene rings is 2. The standard InChI is InChI=1S/C31H36N8O12/c1-48-30(46)50-36-25(32)18-5-9-20(10-6-18)27(43)34-13-3-4-22-29(45)38(17-24(41)42)14-15-39(22)23(40)16-35-28(44)21-11-7-19(8-12-21)26(33)37-51-31(47)49-2/h5-12,22H,3-4,13-17H2,1-2H3,(H2,32,36)(H2,33,37)(H,34,43)(H,35,44)(H,41,42)/t22-/m0/s1. The fourth-order valence-electron chi connectivity index (χ4n) is 4.63. The van der Waals surface area contributed by atoms with Gasteiger partial charge in [0, 0.05) is 41.9 Å². The average molecular weight is 713 g/mol. The van der Waals surface area contributed by atoms with Gasteiger partial charge in [0.05, 0.1) is 20.8 Å². The Morgan fingerprint density at radius 3 is 1.73 bits per heavy atom. The molecular weight excluding hydrogens is 676 g/mol. The highest BCUT2D eigenvalue weighted by Crippen LogP contribution is 2.17. The van der Waals surface area contributed by atoms with Crippen LogP contribution in [0.4, 0.5) is 9.59 Å². The zero-order valence-corrected chi connectivity index (χ0v) is 27.5. The average Bonchev–Trinajstić information content (AvgIpc) is 3.14. The Labute approximate surface area is 290 Å². The van der Waals surface area contributed by atoms with Crippen LogP contribution in [0.3, 0.4) is 0 Å². The van der Waals surface area contributed by atoms with Crippen molar-refractivity contribution in [3.63, 3.8) is 0 Å². The molecule has 1 fully saturated rings. The summed E-state index contributed by atoms with van der Waals surface area (Å²) >= 11 is 0. The van der Waals surface area contributed by atoms with Crippen LogP contribution in [0, 0.1) is 0 Å². The van der Waals surface area contributed by atoms with E-state index in [9.17, 15) is 38.7 Å². The van der Waals surface area contributed by atoms with Crippen LogP contribution < -0.4 is 22.1 Å². The van der Waals surface area contributed by atoms with Crippen LogP contribution in [-0.2, 0) is 33.5 Å². The number of hydrogen-bond donors (Lipinski definition) is 5. The molecule has 3 rings (SSSR count). The SMILES string of the molecule is COC(=O)ON=C(N)c1ccc(C(=O)NCCC[C@H]2C(=O)N(CC(=O)O)CCN2C(=O)CNC(=O)c2ccc(C(N)=NOC(=O)OC)cc2)cc1. The van der Waals surface area contributed by atoms with Gasteiger partial charge in [0.15, 0.2) is 11.7 Å². The smallest absolute Gasteiger partial charge is 0.480 e. The number of piperazine rings is 1. The van der Waals surface area contributed by atoms with Crippen molar-refractivity contribution in [1.29, 1.82) is 0 Å². The minimum absolute atomic E-state index is 0.0230. The Bertz CT molecular complexity index is 1680. The number of ether oxygens (including phenoxy) is 2. The van der Waals surface area contributed by atoms with E-state index in [4.69, 9.17) is 11.5 Å². The van der Waals surface area contributed by atoms with Crippen molar-refractivity contribution >= 4 is 53.6 Å². The third kappa shape index (κ3) is 11.4. The molecule has 2 aromatic carbocycles. The van der Waals surface area contributed by atoms with E-state index in [-0.39, 0.29) is 55.3 Å². The van der Waals surface area contributed by atoms with Crippen molar-refractivity contribution in [3.8, 4) is 0 Å². The first kappa shape index (κ1) is 38.7. The van der Waals surface area contributed by atoms with Gasteiger partial charge >= 0.3 is 18.3 Å². The van der Waals surface area contributed by atoms with Crippen LogP contribution in [0.15, 0.2) is 58.8 Å². The van der Waals surface area contributed by atoms with Crippen LogP contribution in [-0.4, -0.2) is 121 Å². The zero-order chi connectivity index (χ0) is 37.5. The van der Waals surface area contributed by atoms with Crippen LogP contribution >= 0.6 is 0 Å². The topological polar surface area (TPSA) is 284 Å². The Kier molecular flexibility index (Phi) is 14.2. The molecule has 7 N–H and O–H groups in total. The Hall–Kier alpha value is -6.73. The van der Waals surface area contributed by atoms with Crippen molar-refractivity contribution in [2.24, 2.45) is 21.8 Å². The molecule has 0 aromatic heterocycles. The molecule has 1 saturated heterocycles. The first-order chi connectivity index (χ1) is 24.3. The molecule has 1 aliphatic rings. The zero-order valence-electron chi connectivity index (χ0n) is 27.5. The number of carboxylic acid groups (broad SMARTS) is 1. The summed E-state index contributed by atoms with van der Waals surface area (Å²) in [4.78, 5) is 96.6. The maximum atomic E-state index is 13.2. The summed E-state index contributed by atoms with van der Waals surface area (Å²) in [6, 6.07) is 10.6. The number of oxime groups is 2. The molecule has 272 valence electrons. The normalized spacial score (nSPS) is 14.6. The number of methoxy groups -OCH3 is 2. The predicted molar refractivity (Wildman–Crippen MR) is 175 cm³/mol. The minimum atomic E-state index is -1.22. The van der Waals surface area contributed by atoms with E-state index in [2.05, 4.69) is 40.1 Å². The van der Waals surface area contributed by atoms with Crippen LogP contribution in [0.1, 0.15) is 44.7 Å². The summed E-state index contributed by atoms with van der Waals surface area (Å²) < 4.78 is 8.59. The molecule has 20 nitrogen and oxygen atoms in total. The van der Waals surface area contributed by atoms with Crippen LogP contribution in [0.25, 0.3) is 0 Å². The van der Waals surface area contributed by atoms with Gasteiger partial charge in [-0.05, 0) is 37.1 Å². The van der Waals surface area contributed by atoms with E-state index in [0.717, 1.165) is 19.1 Å². The predicted octanol–water partition coefficient (Wildman–Crippen LogP) is -0.443. The number of rotatable bonds is 14. The fraction of sp³-hybridized carbons (Fsp3) is 0.323. The summed E-state index contributed by atoms with van der Waals surface area (Å²) in [5, 5.41) is 21.3. The minimum Gasteiger partial charge on any atom is -0.480 e. The Morgan fingerprint density at radius 2 is 1.25 bits per heavy atom. The van der Waals surface area contributed by atoms with Gasteiger partial charge in [-0.3, -0.25) is 33.6 Å². The van der Waals surface area contributed by atoms with Crippen molar-refractivity contribution in [3.05, 3.63) is 70.8 Å². The maximum Gasteiger partial charge on any atom is 0.534 e. The van der Waals surface area contributed by atoms with E-state index in [1.54, 1.807) is 0 Å². The van der Waals surface area contributed by atoms with Gasteiger partial charge < -0.3 is 46.5 Å². The first-order valence-corrected chi connectivity index (χ1v) is 15.1. The first-order valence-electron chi connectivity index (χ1n) is 15.1. The van der Waals surface area contributed by atoms with Crippen molar-refractivity contribution in [1.82, 2.24) is 20.4 Å². The monoisotopic (exact) mass is 712 g/mol. The number of carboxylic acids is 1. The summed E-state index contributed by atoms with van der Waals surface area (Å²) in [5.41, 5.74) is 12.6. The highest BCUT2D eigenvalue weighted by Gasteiger charge is 2.37. The number of amidine groups is 2. The third-order valence-electron chi connectivity index (χ3n) is 7.23. The molecule has 0 aliphatic carbocycles. The molecule has 0 saturated carbocycles. The van der Waals surface area contributed by atoms with Crippen LogP contribution in [0.5, 0.6) is 0 Å². The molecule has 51 heavy (non-hydrogen) atoms. The van der Waals surface area contributed by atoms with Gasteiger partial charge in [0.25, 0.3) is 11.8 Å². The van der Waals surface area contributed by atoms with Gasteiger partial charge in [0.1, 0.15) is 12.6 Å². The van der Waals surface area contributed by atoms with Gasteiger partial charge in [-0.25, -0.2) is 9.59 Å². The molecule has 0 bridgehead atoms. The lowest BCUT2D eigenvalue weighted by Gasteiger charge is -2.40. The molecule has 20 heteroatoms. The van der Waals surface area contributed by atoms with Gasteiger partial charge in [-0.15, -0.1) is 0 Å².